The minimum Gasteiger partial charge on any atom is -0.288 e. The molecule has 1 heterocycles. The van der Waals surface area contributed by atoms with Gasteiger partial charge in [-0.15, -0.1) is 0 Å². The van der Waals surface area contributed by atoms with Crippen LogP contribution in [-0.4, -0.2) is 16.7 Å². The maximum Gasteiger partial charge on any atom is 0.260 e. The lowest BCUT2D eigenvalue weighted by atomic mass is 9.79. The topological polar surface area (TPSA) is 46.2 Å². The number of carbonyl (C=O) groups is 2. The fraction of sp³-hybridized carbons (Fsp3) is 0.316. The van der Waals surface area contributed by atoms with E-state index in [1.807, 2.05) is 6.08 Å². The molecule has 1 N–H and O–H groups in total. The number of benzene rings is 1. The summed E-state index contributed by atoms with van der Waals surface area (Å²) in [7, 11) is 0. The van der Waals surface area contributed by atoms with Gasteiger partial charge in [0.05, 0.1) is 11.1 Å². The Balaban J connectivity index is 1.92. The van der Waals surface area contributed by atoms with Crippen molar-refractivity contribution in [2.75, 3.05) is 0 Å². The van der Waals surface area contributed by atoms with Crippen LogP contribution in [0.5, 0.6) is 0 Å². The van der Waals surface area contributed by atoms with Crippen LogP contribution in [0.4, 0.5) is 0 Å². The second-order valence-electron chi connectivity index (χ2n) is 6.43. The molecular formula is C19H19NO2S. The first-order chi connectivity index (χ1) is 10.9. The van der Waals surface area contributed by atoms with E-state index >= 15 is 0 Å². The standard InChI is InChI=1S/C19H19NO2S/c1-10(2)12-5-4-6-13(9-12)11(3)14-7-8-15-16(17(14)23)19(22)20-18(15)21/h4-11,14H,1-3H3,(H,20,21,22). The van der Waals surface area contributed by atoms with Crippen molar-refractivity contribution in [1.82, 2.24) is 5.32 Å². The summed E-state index contributed by atoms with van der Waals surface area (Å²) in [6.45, 7) is 6.45. The molecule has 0 spiro atoms. The zero-order chi connectivity index (χ0) is 16.7. The molecule has 1 aromatic carbocycles. The van der Waals surface area contributed by atoms with Gasteiger partial charge in [0.15, 0.2) is 0 Å². The van der Waals surface area contributed by atoms with Gasteiger partial charge in [0.1, 0.15) is 0 Å². The van der Waals surface area contributed by atoms with Crippen molar-refractivity contribution in [3.63, 3.8) is 0 Å². The summed E-state index contributed by atoms with van der Waals surface area (Å²) >= 11 is 5.53. The fourth-order valence-electron chi connectivity index (χ4n) is 3.13. The van der Waals surface area contributed by atoms with Crippen molar-refractivity contribution in [1.29, 1.82) is 0 Å². The van der Waals surface area contributed by atoms with Crippen molar-refractivity contribution in [3.05, 3.63) is 58.7 Å². The Hall–Kier alpha value is -2.07. The molecule has 2 amide bonds. The molecule has 0 aromatic heterocycles. The van der Waals surface area contributed by atoms with Gasteiger partial charge in [-0.2, -0.15) is 0 Å². The van der Waals surface area contributed by atoms with Gasteiger partial charge in [-0.25, -0.2) is 0 Å². The number of hydrogen-bond acceptors (Lipinski definition) is 3. The molecule has 23 heavy (non-hydrogen) atoms. The Kier molecular flexibility index (Phi) is 4.02. The highest BCUT2D eigenvalue weighted by Gasteiger charge is 2.37. The number of nitrogens with one attached hydrogen (secondary N) is 1. The van der Waals surface area contributed by atoms with Crippen molar-refractivity contribution >= 4 is 28.9 Å². The summed E-state index contributed by atoms with van der Waals surface area (Å²) in [5.41, 5.74) is 3.26. The van der Waals surface area contributed by atoms with Crippen LogP contribution in [-0.2, 0) is 9.59 Å². The molecule has 3 rings (SSSR count). The van der Waals surface area contributed by atoms with E-state index in [4.69, 9.17) is 12.2 Å². The quantitative estimate of drug-likeness (QED) is 0.684. The average molecular weight is 325 g/mol. The number of hydrogen-bond donors (Lipinski definition) is 1. The molecule has 0 radical (unpaired) electrons. The lowest BCUT2D eigenvalue weighted by molar-refractivity contribution is -0.123. The van der Waals surface area contributed by atoms with E-state index in [-0.39, 0.29) is 23.7 Å². The van der Waals surface area contributed by atoms with Crippen LogP contribution in [0.1, 0.15) is 43.7 Å². The van der Waals surface area contributed by atoms with Gasteiger partial charge in [-0.3, -0.25) is 14.9 Å². The van der Waals surface area contributed by atoms with Crippen LogP contribution < -0.4 is 5.32 Å². The second kappa shape index (κ2) is 5.85. The van der Waals surface area contributed by atoms with Crippen LogP contribution in [0.25, 0.3) is 0 Å². The van der Waals surface area contributed by atoms with E-state index in [1.165, 1.54) is 11.1 Å². The molecule has 0 saturated heterocycles. The third-order valence-electron chi connectivity index (χ3n) is 4.63. The maximum atomic E-state index is 12.0. The first-order valence-electron chi connectivity index (χ1n) is 7.82. The largest absolute Gasteiger partial charge is 0.288 e. The van der Waals surface area contributed by atoms with Gasteiger partial charge in [0, 0.05) is 10.8 Å². The summed E-state index contributed by atoms with van der Waals surface area (Å²) in [6.07, 6.45) is 3.69. The van der Waals surface area contributed by atoms with Crippen LogP contribution >= 0.6 is 12.2 Å². The first kappa shape index (κ1) is 15.8. The molecule has 2 aliphatic rings. The van der Waals surface area contributed by atoms with E-state index < -0.39 is 0 Å². The monoisotopic (exact) mass is 325 g/mol. The Bertz CT molecular complexity index is 773. The van der Waals surface area contributed by atoms with E-state index in [9.17, 15) is 9.59 Å². The number of allylic oxidation sites excluding steroid dienone is 1. The highest BCUT2D eigenvalue weighted by atomic mass is 32.1. The third-order valence-corrected chi connectivity index (χ3v) is 5.11. The molecule has 2 atom stereocenters. The molecule has 118 valence electrons. The predicted octanol–water partition coefficient (Wildman–Crippen LogP) is 3.42. The summed E-state index contributed by atoms with van der Waals surface area (Å²) in [5.74, 6) is -0.162. The molecule has 2 unspecified atom stereocenters. The number of thiocarbonyl (C=S) groups is 1. The number of rotatable bonds is 3. The van der Waals surface area contributed by atoms with Crippen LogP contribution in [0, 0.1) is 5.92 Å². The van der Waals surface area contributed by atoms with Crippen LogP contribution in [0.3, 0.4) is 0 Å². The van der Waals surface area contributed by atoms with Gasteiger partial charge in [-0.1, -0.05) is 69.4 Å². The third kappa shape index (κ3) is 2.68. The molecule has 0 fully saturated rings. The minimum atomic E-state index is -0.368. The molecule has 4 heteroatoms. The number of imide groups is 1. The fourth-order valence-corrected chi connectivity index (χ4v) is 3.61. The van der Waals surface area contributed by atoms with Gasteiger partial charge in [0.25, 0.3) is 11.8 Å². The summed E-state index contributed by atoms with van der Waals surface area (Å²) in [4.78, 5) is 24.3. The number of amides is 2. The zero-order valence-corrected chi connectivity index (χ0v) is 14.2. The highest BCUT2D eigenvalue weighted by molar-refractivity contribution is 7.81. The van der Waals surface area contributed by atoms with Crippen molar-refractivity contribution in [2.45, 2.75) is 32.6 Å². The minimum absolute atomic E-state index is 0.0530. The lowest BCUT2D eigenvalue weighted by Crippen LogP contribution is -2.27. The number of carbonyl (C=O) groups excluding carboxylic acids is 2. The van der Waals surface area contributed by atoms with Gasteiger partial charge in [0.2, 0.25) is 0 Å². The first-order valence-corrected chi connectivity index (χ1v) is 8.23. The average Bonchev–Trinajstić information content (AvgIpc) is 2.82. The molecule has 1 aromatic rings. The molecule has 3 nitrogen and oxygen atoms in total. The van der Waals surface area contributed by atoms with E-state index in [2.05, 4.69) is 50.4 Å². The Morgan fingerprint density at radius 1 is 1.09 bits per heavy atom. The summed E-state index contributed by atoms with van der Waals surface area (Å²) < 4.78 is 0. The molecule has 0 saturated carbocycles. The SMILES string of the molecule is CC(C)c1cccc(C(C)C2C=CC3=C(C(=O)NC3=O)C2=S)c1. The Morgan fingerprint density at radius 3 is 2.48 bits per heavy atom. The lowest BCUT2D eigenvalue weighted by Gasteiger charge is -2.25. The van der Waals surface area contributed by atoms with E-state index in [0.717, 1.165) is 0 Å². The molecule has 1 aliphatic carbocycles. The Morgan fingerprint density at radius 2 is 1.78 bits per heavy atom. The second-order valence-corrected chi connectivity index (χ2v) is 6.87. The van der Waals surface area contributed by atoms with Crippen molar-refractivity contribution in [3.8, 4) is 0 Å². The van der Waals surface area contributed by atoms with Crippen molar-refractivity contribution in [2.24, 2.45) is 5.92 Å². The smallest absolute Gasteiger partial charge is 0.260 e. The highest BCUT2D eigenvalue weighted by Crippen LogP contribution is 2.35. The van der Waals surface area contributed by atoms with E-state index in [1.54, 1.807) is 6.08 Å². The molecule has 1 aliphatic heterocycles. The van der Waals surface area contributed by atoms with Crippen LogP contribution in [0.15, 0.2) is 47.6 Å². The maximum absolute atomic E-state index is 12.0. The van der Waals surface area contributed by atoms with Crippen LogP contribution in [0.2, 0.25) is 0 Å². The van der Waals surface area contributed by atoms with Gasteiger partial charge in [-0.05, 0) is 23.0 Å². The summed E-state index contributed by atoms with van der Waals surface area (Å²) in [6, 6.07) is 8.49. The van der Waals surface area contributed by atoms with Crippen molar-refractivity contribution < 1.29 is 9.59 Å². The van der Waals surface area contributed by atoms with Gasteiger partial charge < -0.3 is 0 Å². The zero-order valence-electron chi connectivity index (χ0n) is 13.4. The molecule has 0 bridgehead atoms. The predicted molar refractivity (Wildman–Crippen MR) is 94.3 cm³/mol. The Labute approximate surface area is 141 Å². The molecular weight excluding hydrogens is 306 g/mol. The normalized spacial score (nSPS) is 21.7. The van der Waals surface area contributed by atoms with E-state index in [0.29, 0.717) is 21.9 Å². The van der Waals surface area contributed by atoms with Gasteiger partial charge >= 0.3 is 0 Å². The summed E-state index contributed by atoms with van der Waals surface area (Å²) in [5, 5.41) is 2.32.